The molecule has 0 aliphatic carbocycles. The van der Waals surface area contributed by atoms with Crippen molar-refractivity contribution in [3.8, 4) is 0 Å². The Balaban J connectivity index is 2.07. The zero-order valence-electron chi connectivity index (χ0n) is 10.9. The Labute approximate surface area is 112 Å². The van der Waals surface area contributed by atoms with Gasteiger partial charge in [-0.25, -0.2) is 0 Å². The Morgan fingerprint density at radius 1 is 1.37 bits per heavy atom. The molecule has 1 aliphatic heterocycles. The average Bonchev–Trinajstić information content (AvgIpc) is 2.36. The fourth-order valence-electron chi connectivity index (χ4n) is 2.08. The van der Waals surface area contributed by atoms with Gasteiger partial charge in [0.25, 0.3) is 0 Å². The van der Waals surface area contributed by atoms with E-state index in [0.717, 1.165) is 18.7 Å². The number of piperazine rings is 1. The lowest BCUT2D eigenvalue weighted by molar-refractivity contribution is -0.134. The monoisotopic (exact) mass is 262 g/mol. The number of hydrogen-bond donors (Lipinski definition) is 2. The van der Waals surface area contributed by atoms with Crippen molar-refractivity contribution in [3.05, 3.63) is 29.3 Å². The first-order valence-corrected chi connectivity index (χ1v) is 6.12. The Hall–Kier alpha value is -2.08. The van der Waals surface area contributed by atoms with Crippen molar-refractivity contribution in [1.29, 1.82) is 0 Å². The van der Waals surface area contributed by atoms with Crippen molar-refractivity contribution >= 4 is 17.5 Å². The topological polar surface area (TPSA) is 92.7 Å². The van der Waals surface area contributed by atoms with Crippen molar-refractivity contribution in [2.45, 2.75) is 6.54 Å². The number of nitrogens with zero attached hydrogens (tertiary/aromatic N) is 2. The standard InChI is InChI=1S/C13H18N4O2/c1-16-4-5-17(8-12(16)18)7-10-3-2-9(13(15)19)6-11(10)14/h2-3,6H,4-5,7-8,14H2,1H3,(H2,15,19). The van der Waals surface area contributed by atoms with E-state index in [9.17, 15) is 9.59 Å². The first-order chi connectivity index (χ1) is 8.97. The minimum absolute atomic E-state index is 0.110. The molecule has 1 saturated heterocycles. The summed E-state index contributed by atoms with van der Waals surface area (Å²) >= 11 is 0. The van der Waals surface area contributed by atoms with Gasteiger partial charge in [0, 0.05) is 37.9 Å². The van der Waals surface area contributed by atoms with Crippen LogP contribution in [0.15, 0.2) is 18.2 Å². The van der Waals surface area contributed by atoms with E-state index in [1.165, 1.54) is 0 Å². The molecule has 6 heteroatoms. The molecule has 0 spiro atoms. The van der Waals surface area contributed by atoms with E-state index in [0.29, 0.717) is 24.3 Å². The van der Waals surface area contributed by atoms with E-state index < -0.39 is 5.91 Å². The summed E-state index contributed by atoms with van der Waals surface area (Å²) in [7, 11) is 1.80. The first kappa shape index (κ1) is 13.4. The van der Waals surface area contributed by atoms with E-state index in [-0.39, 0.29) is 5.91 Å². The molecule has 0 saturated carbocycles. The summed E-state index contributed by atoms with van der Waals surface area (Å²) in [6.07, 6.45) is 0. The summed E-state index contributed by atoms with van der Waals surface area (Å²) in [5, 5.41) is 0. The number of nitrogen functional groups attached to an aromatic ring is 1. The lowest BCUT2D eigenvalue weighted by Gasteiger charge is -2.32. The SMILES string of the molecule is CN1CCN(Cc2ccc(C(N)=O)cc2N)CC1=O. The predicted molar refractivity (Wildman–Crippen MR) is 72.3 cm³/mol. The minimum Gasteiger partial charge on any atom is -0.398 e. The fourth-order valence-corrected chi connectivity index (χ4v) is 2.08. The van der Waals surface area contributed by atoms with Crippen molar-refractivity contribution in [2.24, 2.45) is 5.73 Å². The molecular weight excluding hydrogens is 244 g/mol. The van der Waals surface area contributed by atoms with Gasteiger partial charge in [0.15, 0.2) is 0 Å². The molecule has 2 rings (SSSR count). The van der Waals surface area contributed by atoms with Gasteiger partial charge < -0.3 is 16.4 Å². The Kier molecular flexibility index (Phi) is 3.71. The number of carbonyl (C=O) groups is 2. The lowest BCUT2D eigenvalue weighted by atomic mass is 10.1. The molecule has 19 heavy (non-hydrogen) atoms. The van der Waals surface area contributed by atoms with Gasteiger partial charge in [-0.15, -0.1) is 0 Å². The zero-order valence-corrected chi connectivity index (χ0v) is 10.9. The maximum absolute atomic E-state index is 11.6. The van der Waals surface area contributed by atoms with Crippen molar-refractivity contribution in [3.63, 3.8) is 0 Å². The van der Waals surface area contributed by atoms with Gasteiger partial charge in [-0.2, -0.15) is 0 Å². The van der Waals surface area contributed by atoms with E-state index >= 15 is 0 Å². The molecule has 0 bridgehead atoms. The molecular formula is C13H18N4O2. The van der Waals surface area contributed by atoms with Crippen molar-refractivity contribution in [2.75, 3.05) is 32.4 Å². The van der Waals surface area contributed by atoms with Crippen LogP contribution in [0.2, 0.25) is 0 Å². The molecule has 1 aliphatic rings. The van der Waals surface area contributed by atoms with Gasteiger partial charge in [0.05, 0.1) is 6.54 Å². The van der Waals surface area contributed by atoms with Crippen LogP contribution in [-0.2, 0) is 11.3 Å². The molecule has 1 fully saturated rings. The molecule has 0 aromatic heterocycles. The molecule has 6 nitrogen and oxygen atoms in total. The van der Waals surface area contributed by atoms with Crippen LogP contribution in [0, 0.1) is 0 Å². The number of nitrogens with two attached hydrogens (primary N) is 2. The van der Waals surface area contributed by atoms with Crippen LogP contribution in [0.4, 0.5) is 5.69 Å². The molecule has 1 aromatic rings. The molecule has 0 radical (unpaired) electrons. The predicted octanol–water partition coefficient (Wildman–Crippen LogP) is -0.358. The van der Waals surface area contributed by atoms with Crippen LogP contribution in [0.1, 0.15) is 15.9 Å². The maximum atomic E-state index is 11.6. The summed E-state index contributed by atoms with van der Waals surface area (Å²) in [6, 6.07) is 5.03. The van der Waals surface area contributed by atoms with Crippen LogP contribution in [0.3, 0.4) is 0 Å². The highest BCUT2D eigenvalue weighted by atomic mass is 16.2. The number of amides is 2. The molecule has 1 heterocycles. The summed E-state index contributed by atoms with van der Waals surface area (Å²) in [5.74, 6) is -0.383. The van der Waals surface area contributed by atoms with Crippen LogP contribution in [0.25, 0.3) is 0 Å². The Morgan fingerprint density at radius 3 is 2.68 bits per heavy atom. The number of carbonyl (C=O) groups excluding carboxylic acids is 2. The second kappa shape index (κ2) is 5.27. The molecule has 4 N–H and O–H groups in total. The molecule has 102 valence electrons. The van der Waals surface area contributed by atoms with Gasteiger partial charge in [-0.3, -0.25) is 14.5 Å². The van der Waals surface area contributed by atoms with Crippen LogP contribution < -0.4 is 11.5 Å². The summed E-state index contributed by atoms with van der Waals surface area (Å²) in [6.45, 7) is 2.54. The van der Waals surface area contributed by atoms with Crippen molar-refractivity contribution < 1.29 is 9.59 Å². The Morgan fingerprint density at radius 2 is 2.11 bits per heavy atom. The van der Waals surface area contributed by atoms with Gasteiger partial charge in [0.2, 0.25) is 11.8 Å². The molecule has 1 aromatic carbocycles. The molecule has 2 amide bonds. The fraction of sp³-hybridized carbons (Fsp3) is 0.385. The number of primary amides is 1. The number of likely N-dealkylation sites (N-methyl/N-ethyl adjacent to an activating group) is 1. The van der Waals surface area contributed by atoms with Crippen LogP contribution >= 0.6 is 0 Å². The van der Waals surface area contributed by atoms with E-state index in [4.69, 9.17) is 11.5 Å². The summed E-state index contributed by atoms with van der Waals surface area (Å²) < 4.78 is 0. The first-order valence-electron chi connectivity index (χ1n) is 6.12. The third kappa shape index (κ3) is 3.03. The van der Waals surface area contributed by atoms with Gasteiger partial charge in [-0.1, -0.05) is 6.07 Å². The summed E-state index contributed by atoms with van der Waals surface area (Å²) in [4.78, 5) is 26.4. The second-order valence-electron chi connectivity index (χ2n) is 4.80. The van der Waals surface area contributed by atoms with Gasteiger partial charge in [-0.05, 0) is 17.7 Å². The number of benzene rings is 1. The number of hydrogen-bond acceptors (Lipinski definition) is 4. The van der Waals surface area contributed by atoms with Gasteiger partial charge in [0.1, 0.15) is 0 Å². The van der Waals surface area contributed by atoms with Crippen molar-refractivity contribution in [1.82, 2.24) is 9.80 Å². The van der Waals surface area contributed by atoms with E-state index in [1.807, 2.05) is 4.90 Å². The third-order valence-corrected chi connectivity index (χ3v) is 3.36. The third-order valence-electron chi connectivity index (χ3n) is 3.36. The van der Waals surface area contributed by atoms with Crippen LogP contribution in [0.5, 0.6) is 0 Å². The molecule has 0 atom stereocenters. The number of rotatable bonds is 3. The average molecular weight is 262 g/mol. The highest BCUT2D eigenvalue weighted by Crippen LogP contribution is 2.17. The largest absolute Gasteiger partial charge is 0.398 e. The van der Waals surface area contributed by atoms with Crippen LogP contribution in [-0.4, -0.2) is 48.3 Å². The smallest absolute Gasteiger partial charge is 0.248 e. The van der Waals surface area contributed by atoms with E-state index in [2.05, 4.69) is 0 Å². The normalized spacial score (nSPS) is 16.7. The lowest BCUT2D eigenvalue weighted by Crippen LogP contribution is -2.48. The maximum Gasteiger partial charge on any atom is 0.248 e. The highest BCUT2D eigenvalue weighted by Gasteiger charge is 2.21. The minimum atomic E-state index is -0.493. The quantitative estimate of drug-likeness (QED) is 0.728. The Bertz CT molecular complexity index is 515. The second-order valence-corrected chi connectivity index (χ2v) is 4.80. The number of anilines is 1. The highest BCUT2D eigenvalue weighted by molar-refractivity contribution is 5.93. The van der Waals surface area contributed by atoms with Gasteiger partial charge >= 0.3 is 0 Å². The van der Waals surface area contributed by atoms with E-state index in [1.54, 1.807) is 30.1 Å². The zero-order chi connectivity index (χ0) is 14.0. The molecule has 0 unspecified atom stereocenters. The summed E-state index contributed by atoms with van der Waals surface area (Å²) in [5.41, 5.74) is 12.9.